The molecule has 96 valence electrons. The number of aromatic nitrogens is 2. The van der Waals surface area contributed by atoms with Crippen molar-refractivity contribution >= 4 is 11.7 Å². The number of nitrogens with two attached hydrogens (primary N) is 1. The first-order valence-electron chi connectivity index (χ1n) is 6.20. The van der Waals surface area contributed by atoms with Crippen molar-refractivity contribution in [3.63, 3.8) is 0 Å². The smallest absolute Gasteiger partial charge is 0.322 e. The summed E-state index contributed by atoms with van der Waals surface area (Å²) >= 11 is 0. The quantitative estimate of drug-likeness (QED) is 0.848. The molecule has 2 aromatic rings. The summed E-state index contributed by atoms with van der Waals surface area (Å²) in [7, 11) is 0. The van der Waals surface area contributed by atoms with E-state index in [9.17, 15) is 0 Å². The molecule has 0 bridgehead atoms. The third-order valence-corrected chi connectivity index (χ3v) is 2.66. The summed E-state index contributed by atoms with van der Waals surface area (Å²) in [5, 5.41) is 7.95. The van der Waals surface area contributed by atoms with Crippen molar-refractivity contribution in [3.05, 3.63) is 36.2 Å². The Balaban J connectivity index is 2.24. The first kappa shape index (κ1) is 12.6. The molecule has 0 aliphatic rings. The first-order chi connectivity index (χ1) is 8.85. The first-order valence-corrected chi connectivity index (χ1v) is 6.20. The van der Waals surface area contributed by atoms with Gasteiger partial charge < -0.3 is 10.2 Å². The van der Waals surface area contributed by atoms with Crippen LogP contribution in [0.15, 0.2) is 34.7 Å². The lowest BCUT2D eigenvalue weighted by molar-refractivity contribution is 0.494. The van der Waals surface area contributed by atoms with E-state index < -0.39 is 0 Å². The summed E-state index contributed by atoms with van der Waals surface area (Å²) in [6.07, 6.45) is 2.18. The van der Waals surface area contributed by atoms with E-state index in [2.05, 4.69) is 17.1 Å². The van der Waals surface area contributed by atoms with Gasteiger partial charge in [-0.3, -0.25) is 4.90 Å². The molecule has 5 nitrogen and oxygen atoms in total. The second-order valence-corrected chi connectivity index (χ2v) is 4.02. The predicted molar refractivity (Wildman–Crippen MR) is 70.5 cm³/mol. The highest BCUT2D eigenvalue weighted by Crippen LogP contribution is 2.24. The molecule has 2 N–H and O–H groups in total. The zero-order valence-electron chi connectivity index (χ0n) is 10.5. The lowest BCUT2D eigenvalue weighted by Gasteiger charge is -2.19. The molecule has 0 fully saturated rings. The third-order valence-electron chi connectivity index (χ3n) is 2.66. The minimum atomic E-state index is 0.267. The number of anilines is 2. The van der Waals surface area contributed by atoms with Gasteiger partial charge in [0, 0.05) is 12.2 Å². The van der Waals surface area contributed by atoms with Crippen LogP contribution in [0, 0.1) is 0 Å². The van der Waals surface area contributed by atoms with Crippen LogP contribution in [0.5, 0.6) is 0 Å². The highest BCUT2D eigenvalue weighted by molar-refractivity contribution is 5.55. The van der Waals surface area contributed by atoms with Crippen molar-refractivity contribution in [3.8, 4) is 0 Å². The molecular formula is C13H18N4O. The molecule has 0 radical (unpaired) electrons. The lowest BCUT2D eigenvalue weighted by Crippen LogP contribution is -2.18. The van der Waals surface area contributed by atoms with Crippen LogP contribution in [0.3, 0.4) is 0 Å². The molecule has 0 aliphatic heterocycles. The van der Waals surface area contributed by atoms with Crippen LogP contribution in [0.4, 0.5) is 11.7 Å². The van der Waals surface area contributed by atoms with Gasteiger partial charge >= 0.3 is 6.01 Å². The van der Waals surface area contributed by atoms with Crippen LogP contribution < -0.4 is 10.6 Å². The average Bonchev–Trinajstić information content (AvgIpc) is 2.89. The van der Waals surface area contributed by atoms with Crippen LogP contribution in [0.1, 0.15) is 25.7 Å². The summed E-state index contributed by atoms with van der Waals surface area (Å²) in [6.45, 7) is 3.28. The van der Waals surface area contributed by atoms with Gasteiger partial charge in [-0.15, -0.1) is 5.10 Å². The van der Waals surface area contributed by atoms with Gasteiger partial charge in [0.05, 0.1) is 6.54 Å². The minimum Gasteiger partial charge on any atom is -0.406 e. The van der Waals surface area contributed by atoms with E-state index in [0.717, 1.165) is 25.1 Å². The monoisotopic (exact) mass is 246 g/mol. The zero-order valence-corrected chi connectivity index (χ0v) is 10.5. The molecule has 0 aliphatic carbocycles. The van der Waals surface area contributed by atoms with E-state index >= 15 is 0 Å². The van der Waals surface area contributed by atoms with E-state index in [4.69, 9.17) is 10.2 Å². The fourth-order valence-corrected chi connectivity index (χ4v) is 1.70. The van der Waals surface area contributed by atoms with Crippen molar-refractivity contribution in [1.82, 2.24) is 10.2 Å². The van der Waals surface area contributed by atoms with Gasteiger partial charge in [-0.2, -0.15) is 0 Å². The molecule has 2 rings (SSSR count). The molecule has 1 aromatic carbocycles. The molecule has 1 heterocycles. The van der Waals surface area contributed by atoms with Crippen LogP contribution in [0.25, 0.3) is 0 Å². The Kier molecular flexibility index (Phi) is 4.30. The number of nitrogens with zero attached hydrogens (tertiary/aromatic N) is 3. The lowest BCUT2D eigenvalue weighted by atomic mass is 10.2. The van der Waals surface area contributed by atoms with E-state index in [1.54, 1.807) is 0 Å². The Morgan fingerprint density at radius 3 is 2.61 bits per heavy atom. The summed E-state index contributed by atoms with van der Waals surface area (Å²) in [6, 6.07) is 10.5. The van der Waals surface area contributed by atoms with Crippen LogP contribution in [-0.4, -0.2) is 16.7 Å². The van der Waals surface area contributed by atoms with Crippen molar-refractivity contribution in [1.29, 1.82) is 0 Å². The Hall–Kier alpha value is -1.88. The van der Waals surface area contributed by atoms with Gasteiger partial charge in [0.1, 0.15) is 0 Å². The van der Waals surface area contributed by atoms with Crippen molar-refractivity contribution in [2.75, 3.05) is 11.4 Å². The minimum absolute atomic E-state index is 0.267. The molecule has 1 aromatic heterocycles. The highest BCUT2D eigenvalue weighted by atomic mass is 16.4. The third kappa shape index (κ3) is 2.87. The maximum absolute atomic E-state index is 5.53. The molecular weight excluding hydrogens is 228 g/mol. The summed E-state index contributed by atoms with van der Waals surface area (Å²) in [5.41, 5.74) is 6.54. The molecule has 0 amide bonds. The van der Waals surface area contributed by atoms with Gasteiger partial charge in [-0.25, -0.2) is 0 Å². The Bertz CT molecular complexity index is 469. The standard InChI is InChI=1S/C13H18N4O/c1-2-3-9-17(11-7-5-4-6-8-11)13-16-15-12(10-14)18-13/h4-8H,2-3,9-10,14H2,1H3. The van der Waals surface area contributed by atoms with E-state index in [1.165, 1.54) is 0 Å². The maximum Gasteiger partial charge on any atom is 0.322 e. The van der Waals surface area contributed by atoms with Crippen molar-refractivity contribution < 1.29 is 4.42 Å². The fourth-order valence-electron chi connectivity index (χ4n) is 1.70. The van der Waals surface area contributed by atoms with E-state index in [1.807, 2.05) is 35.2 Å². The van der Waals surface area contributed by atoms with Gasteiger partial charge in [0.25, 0.3) is 0 Å². The molecule has 0 saturated heterocycles. The summed E-state index contributed by atoms with van der Waals surface area (Å²) < 4.78 is 5.53. The molecule has 18 heavy (non-hydrogen) atoms. The number of hydrogen-bond acceptors (Lipinski definition) is 5. The topological polar surface area (TPSA) is 68.2 Å². The second-order valence-electron chi connectivity index (χ2n) is 4.02. The largest absolute Gasteiger partial charge is 0.406 e. The predicted octanol–water partition coefficient (Wildman–Crippen LogP) is 2.47. The normalized spacial score (nSPS) is 10.6. The number of para-hydroxylation sites is 1. The second kappa shape index (κ2) is 6.16. The highest BCUT2D eigenvalue weighted by Gasteiger charge is 2.15. The summed E-state index contributed by atoms with van der Waals surface area (Å²) in [5.74, 6) is 0.461. The molecule has 0 spiro atoms. The van der Waals surface area contributed by atoms with Crippen LogP contribution >= 0.6 is 0 Å². The Morgan fingerprint density at radius 1 is 1.22 bits per heavy atom. The van der Waals surface area contributed by atoms with E-state index in [-0.39, 0.29) is 6.54 Å². The van der Waals surface area contributed by atoms with Gasteiger partial charge in [-0.1, -0.05) is 36.6 Å². The van der Waals surface area contributed by atoms with Gasteiger partial charge in [-0.05, 0) is 18.6 Å². The average molecular weight is 246 g/mol. The molecule has 0 unspecified atom stereocenters. The van der Waals surface area contributed by atoms with Crippen molar-refractivity contribution in [2.24, 2.45) is 5.73 Å². The van der Waals surface area contributed by atoms with Gasteiger partial charge in [0.15, 0.2) is 0 Å². The molecule has 5 heteroatoms. The van der Waals surface area contributed by atoms with E-state index in [0.29, 0.717) is 11.9 Å². The number of rotatable bonds is 6. The SMILES string of the molecule is CCCCN(c1ccccc1)c1nnc(CN)o1. The summed E-state index contributed by atoms with van der Waals surface area (Å²) in [4.78, 5) is 2.02. The van der Waals surface area contributed by atoms with Gasteiger partial charge in [0.2, 0.25) is 5.89 Å². The molecule has 0 atom stereocenters. The molecule has 0 saturated carbocycles. The van der Waals surface area contributed by atoms with Crippen LogP contribution in [0.2, 0.25) is 0 Å². The fraction of sp³-hybridized carbons (Fsp3) is 0.385. The van der Waals surface area contributed by atoms with Crippen LogP contribution in [-0.2, 0) is 6.54 Å². The van der Waals surface area contributed by atoms with Crippen molar-refractivity contribution in [2.45, 2.75) is 26.3 Å². The number of unbranched alkanes of at least 4 members (excludes halogenated alkanes) is 1. The zero-order chi connectivity index (χ0) is 12.8. The Labute approximate surface area is 107 Å². The maximum atomic E-state index is 5.53. The number of hydrogen-bond donors (Lipinski definition) is 1. The number of benzene rings is 1. The Morgan fingerprint density at radius 2 is 2.00 bits per heavy atom.